The van der Waals surface area contributed by atoms with Crippen LogP contribution in [0.25, 0.3) is 5.65 Å². The van der Waals surface area contributed by atoms with E-state index in [0.717, 1.165) is 25.7 Å². The Kier molecular flexibility index (Phi) is 7.42. The maximum absolute atomic E-state index is 14.0. The lowest BCUT2D eigenvalue weighted by atomic mass is 9.81. The second-order valence-electron chi connectivity index (χ2n) is 11.8. The van der Waals surface area contributed by atoms with E-state index in [4.69, 9.17) is 9.51 Å². The molecule has 3 aliphatic carbocycles. The molecule has 0 radical (unpaired) electrons. The summed E-state index contributed by atoms with van der Waals surface area (Å²) in [5.41, 5.74) is 2.37. The summed E-state index contributed by atoms with van der Waals surface area (Å²) in [6.07, 6.45) is 1.46. The predicted molar refractivity (Wildman–Crippen MR) is 137 cm³/mol. The highest BCUT2D eigenvalue weighted by Gasteiger charge is 2.41. The Balaban J connectivity index is 1.25. The van der Waals surface area contributed by atoms with Crippen molar-refractivity contribution in [3.8, 4) is 0 Å². The minimum Gasteiger partial charge on any atom is -0.364 e. The van der Waals surface area contributed by atoms with Crippen LogP contribution in [0.3, 0.4) is 0 Å². The van der Waals surface area contributed by atoms with Gasteiger partial charge < -0.3 is 15.2 Å². The van der Waals surface area contributed by atoms with E-state index in [0.29, 0.717) is 28.2 Å². The fourth-order valence-electron chi connectivity index (χ4n) is 5.75. The molecule has 0 aromatic carbocycles. The van der Waals surface area contributed by atoms with E-state index < -0.39 is 48.8 Å². The Hall–Kier alpha value is -3.58. The zero-order valence-corrected chi connectivity index (χ0v) is 22.7. The summed E-state index contributed by atoms with van der Waals surface area (Å²) in [4.78, 5) is 30.3. The van der Waals surface area contributed by atoms with Gasteiger partial charge in [-0.15, -0.1) is 0 Å². The van der Waals surface area contributed by atoms with Gasteiger partial charge in [0.25, 0.3) is 5.91 Å². The van der Waals surface area contributed by atoms with Crippen LogP contribution in [-0.4, -0.2) is 43.7 Å². The molecule has 3 saturated carbocycles. The SMILES string of the molecule is O=C(CCC(F)(F)F)N[C@@H](c1cnn2cc([C@@H](NC(=O)c3conc3C3CC3)C3CCC(F)(F)CC3)nc2c1)C1CC1. The van der Waals surface area contributed by atoms with Crippen LogP contribution in [0.15, 0.2) is 29.2 Å². The van der Waals surface area contributed by atoms with E-state index in [-0.39, 0.29) is 43.4 Å². The van der Waals surface area contributed by atoms with Crippen molar-refractivity contribution in [3.63, 3.8) is 0 Å². The summed E-state index contributed by atoms with van der Waals surface area (Å²) in [7, 11) is 0. The lowest BCUT2D eigenvalue weighted by Gasteiger charge is -2.33. The van der Waals surface area contributed by atoms with Crippen LogP contribution in [0.1, 0.15) is 110 Å². The molecule has 6 rings (SSSR count). The molecule has 3 heterocycles. The third kappa shape index (κ3) is 6.57. The summed E-state index contributed by atoms with van der Waals surface area (Å²) in [6, 6.07) is 0.527. The topological polar surface area (TPSA) is 114 Å². The lowest BCUT2D eigenvalue weighted by molar-refractivity contribution is -0.144. The van der Waals surface area contributed by atoms with Crippen molar-refractivity contribution in [2.45, 2.75) is 94.3 Å². The molecule has 2 atom stereocenters. The first-order valence-corrected chi connectivity index (χ1v) is 14.3. The third-order valence-corrected chi connectivity index (χ3v) is 8.41. The Morgan fingerprint density at radius 3 is 2.43 bits per heavy atom. The molecule has 3 aromatic heterocycles. The van der Waals surface area contributed by atoms with Gasteiger partial charge in [0.1, 0.15) is 11.8 Å². The number of amides is 2. The Labute approximate surface area is 237 Å². The number of carbonyl (C=O) groups excluding carboxylic acids is 2. The molecule has 2 N–H and O–H groups in total. The van der Waals surface area contributed by atoms with Crippen molar-refractivity contribution in [1.29, 1.82) is 0 Å². The lowest BCUT2D eigenvalue weighted by Crippen LogP contribution is -2.37. The van der Waals surface area contributed by atoms with Gasteiger partial charge >= 0.3 is 6.18 Å². The van der Waals surface area contributed by atoms with Gasteiger partial charge in [0.2, 0.25) is 11.8 Å². The van der Waals surface area contributed by atoms with E-state index in [1.165, 1.54) is 10.8 Å². The molecule has 0 unspecified atom stereocenters. The quantitative estimate of drug-likeness (QED) is 0.287. The van der Waals surface area contributed by atoms with Gasteiger partial charge in [-0.3, -0.25) is 9.59 Å². The summed E-state index contributed by atoms with van der Waals surface area (Å²) in [5.74, 6) is -3.91. The zero-order valence-electron chi connectivity index (χ0n) is 22.7. The van der Waals surface area contributed by atoms with Gasteiger partial charge in [0.15, 0.2) is 5.65 Å². The predicted octanol–water partition coefficient (Wildman–Crippen LogP) is 5.80. The van der Waals surface area contributed by atoms with Crippen LogP contribution in [0.5, 0.6) is 0 Å². The molecule has 14 heteroatoms. The highest BCUT2D eigenvalue weighted by atomic mass is 19.4. The molecule has 42 heavy (non-hydrogen) atoms. The van der Waals surface area contributed by atoms with Crippen LogP contribution < -0.4 is 10.6 Å². The van der Waals surface area contributed by atoms with Crippen LogP contribution in [0.2, 0.25) is 0 Å². The number of nitrogens with one attached hydrogen (secondary N) is 2. The van der Waals surface area contributed by atoms with Crippen molar-refractivity contribution >= 4 is 17.5 Å². The first-order valence-electron chi connectivity index (χ1n) is 14.3. The van der Waals surface area contributed by atoms with Gasteiger partial charge in [-0.05, 0) is 62.0 Å². The number of halogens is 5. The van der Waals surface area contributed by atoms with Gasteiger partial charge in [-0.2, -0.15) is 18.3 Å². The Morgan fingerprint density at radius 1 is 1.05 bits per heavy atom. The molecule has 3 fully saturated rings. The molecular formula is C28H31F5N6O3. The number of alkyl halides is 5. The summed E-state index contributed by atoms with van der Waals surface area (Å²) >= 11 is 0. The minimum absolute atomic E-state index is 0.0821. The molecule has 226 valence electrons. The number of hydrogen-bond acceptors (Lipinski definition) is 6. The van der Waals surface area contributed by atoms with Crippen LogP contribution in [0, 0.1) is 11.8 Å². The summed E-state index contributed by atoms with van der Waals surface area (Å²) < 4.78 is 72.4. The number of rotatable bonds is 10. The smallest absolute Gasteiger partial charge is 0.364 e. The number of aromatic nitrogens is 4. The second kappa shape index (κ2) is 10.9. The Morgan fingerprint density at radius 2 is 1.76 bits per heavy atom. The van der Waals surface area contributed by atoms with E-state index in [1.807, 2.05) is 0 Å². The van der Waals surface area contributed by atoms with E-state index in [9.17, 15) is 31.5 Å². The monoisotopic (exact) mass is 594 g/mol. The van der Waals surface area contributed by atoms with Crippen LogP contribution in [0.4, 0.5) is 22.0 Å². The molecule has 0 spiro atoms. The van der Waals surface area contributed by atoms with Crippen molar-refractivity contribution in [3.05, 3.63) is 47.2 Å². The Bertz CT molecular complexity index is 1450. The average Bonchev–Trinajstić information content (AvgIpc) is 3.87. The molecule has 0 aliphatic heterocycles. The molecule has 3 aromatic rings. The number of nitrogens with zero attached hydrogens (tertiary/aromatic N) is 4. The van der Waals surface area contributed by atoms with Crippen LogP contribution >= 0.6 is 0 Å². The largest absolute Gasteiger partial charge is 0.389 e. The molecular weight excluding hydrogens is 563 g/mol. The fourth-order valence-corrected chi connectivity index (χ4v) is 5.75. The van der Waals surface area contributed by atoms with Crippen molar-refractivity contribution in [2.24, 2.45) is 11.8 Å². The second-order valence-corrected chi connectivity index (χ2v) is 11.8. The van der Waals surface area contributed by atoms with Crippen molar-refractivity contribution in [1.82, 2.24) is 30.4 Å². The standard InChI is InChI=1S/C28H31F5N6O3/c29-27(30)8-5-17(6-9-27)25(37-26(41)19-14-42-38-24(19)16-3-4-16)20-13-39-21(35-20)11-18(12-34-39)23(15-1-2-15)36-22(40)7-10-28(31,32)33/h11-17,23,25H,1-10H2,(H,36,40)(H,37,41)/t23-,25+/m1/s1. The average molecular weight is 595 g/mol. The molecule has 9 nitrogen and oxygen atoms in total. The highest BCUT2D eigenvalue weighted by molar-refractivity contribution is 5.95. The van der Waals surface area contributed by atoms with E-state index in [1.54, 1.807) is 18.5 Å². The molecule has 3 aliphatic rings. The number of imidazole rings is 1. The first kappa shape index (κ1) is 28.5. The first-order chi connectivity index (χ1) is 20.0. The molecule has 2 amide bonds. The third-order valence-electron chi connectivity index (χ3n) is 8.41. The number of hydrogen-bond donors (Lipinski definition) is 2. The highest BCUT2D eigenvalue weighted by Crippen LogP contribution is 2.44. The van der Waals surface area contributed by atoms with Crippen molar-refractivity contribution in [2.75, 3.05) is 0 Å². The maximum Gasteiger partial charge on any atom is 0.389 e. The summed E-state index contributed by atoms with van der Waals surface area (Å²) in [5, 5.41) is 14.1. The van der Waals surface area contributed by atoms with E-state index >= 15 is 0 Å². The molecule has 0 saturated heterocycles. The van der Waals surface area contributed by atoms with Crippen LogP contribution in [-0.2, 0) is 4.79 Å². The van der Waals surface area contributed by atoms with E-state index in [2.05, 4.69) is 20.9 Å². The fraction of sp³-hybridized carbons (Fsp3) is 0.607. The van der Waals surface area contributed by atoms with Gasteiger partial charge in [0, 0.05) is 25.2 Å². The maximum atomic E-state index is 14.0. The van der Waals surface area contributed by atoms with Gasteiger partial charge in [-0.1, -0.05) is 5.16 Å². The minimum atomic E-state index is -4.42. The summed E-state index contributed by atoms with van der Waals surface area (Å²) in [6.45, 7) is 0. The normalized spacial score (nSPS) is 20.8. The number of fused-ring (bicyclic) bond motifs is 1. The van der Waals surface area contributed by atoms with Crippen molar-refractivity contribution < 1.29 is 36.1 Å². The molecule has 0 bridgehead atoms. The zero-order chi connectivity index (χ0) is 29.6. The van der Waals surface area contributed by atoms with Gasteiger partial charge in [0.05, 0.1) is 42.3 Å². The number of carbonyl (C=O) groups is 2. The van der Waals surface area contributed by atoms with Gasteiger partial charge in [-0.25, -0.2) is 18.3 Å².